The van der Waals surface area contributed by atoms with Crippen molar-refractivity contribution >= 4 is 6.08 Å². The zero-order valence-electron chi connectivity index (χ0n) is 9.08. The standard InChI is InChI=1S/C12H17NO/c1-5-12(3,4)8-6-7-11-13-9-10(2)14-11/h5-7,9H,1,8H2,2-4H3/b7-6+. The van der Waals surface area contributed by atoms with Crippen LogP contribution in [0.4, 0.5) is 0 Å². The van der Waals surface area contributed by atoms with Gasteiger partial charge in [-0.05, 0) is 24.8 Å². The Morgan fingerprint density at radius 2 is 2.29 bits per heavy atom. The first-order valence-electron chi connectivity index (χ1n) is 4.76. The van der Waals surface area contributed by atoms with E-state index in [1.807, 2.05) is 19.1 Å². The van der Waals surface area contributed by atoms with E-state index in [4.69, 9.17) is 4.42 Å². The number of allylic oxidation sites excluding steroid dienone is 2. The summed E-state index contributed by atoms with van der Waals surface area (Å²) in [4.78, 5) is 4.08. The molecule has 1 aromatic rings. The molecule has 0 saturated carbocycles. The second kappa shape index (κ2) is 4.27. The summed E-state index contributed by atoms with van der Waals surface area (Å²) >= 11 is 0. The number of aryl methyl sites for hydroxylation is 1. The fourth-order valence-electron chi connectivity index (χ4n) is 0.996. The van der Waals surface area contributed by atoms with Gasteiger partial charge in [-0.3, -0.25) is 0 Å². The van der Waals surface area contributed by atoms with Crippen molar-refractivity contribution in [3.63, 3.8) is 0 Å². The molecule has 0 aliphatic carbocycles. The molecule has 0 atom stereocenters. The van der Waals surface area contributed by atoms with Crippen molar-refractivity contribution in [3.8, 4) is 0 Å². The number of rotatable bonds is 4. The number of hydrogen-bond donors (Lipinski definition) is 0. The lowest BCUT2D eigenvalue weighted by atomic mass is 9.90. The molecule has 76 valence electrons. The van der Waals surface area contributed by atoms with Crippen LogP contribution >= 0.6 is 0 Å². The van der Waals surface area contributed by atoms with Crippen LogP contribution < -0.4 is 0 Å². The van der Waals surface area contributed by atoms with E-state index in [2.05, 4.69) is 31.5 Å². The van der Waals surface area contributed by atoms with Gasteiger partial charge in [0.2, 0.25) is 5.89 Å². The summed E-state index contributed by atoms with van der Waals surface area (Å²) in [5, 5.41) is 0. The highest BCUT2D eigenvalue weighted by Gasteiger charge is 2.09. The van der Waals surface area contributed by atoms with Crippen LogP contribution in [0.3, 0.4) is 0 Å². The molecule has 1 aromatic heterocycles. The third-order valence-electron chi connectivity index (χ3n) is 2.10. The second-order valence-corrected chi connectivity index (χ2v) is 4.11. The molecule has 0 spiro atoms. The van der Waals surface area contributed by atoms with E-state index in [0.29, 0.717) is 5.89 Å². The van der Waals surface area contributed by atoms with Gasteiger partial charge in [0.15, 0.2) is 0 Å². The summed E-state index contributed by atoms with van der Waals surface area (Å²) in [5.74, 6) is 1.51. The van der Waals surface area contributed by atoms with Crippen molar-refractivity contribution in [2.75, 3.05) is 0 Å². The predicted molar refractivity (Wildman–Crippen MR) is 58.9 cm³/mol. The summed E-state index contributed by atoms with van der Waals surface area (Å²) in [7, 11) is 0. The molecule has 0 amide bonds. The maximum absolute atomic E-state index is 5.31. The van der Waals surface area contributed by atoms with E-state index in [0.717, 1.165) is 12.2 Å². The average molecular weight is 191 g/mol. The molecule has 0 radical (unpaired) electrons. The van der Waals surface area contributed by atoms with Gasteiger partial charge in [0.1, 0.15) is 5.76 Å². The Hall–Kier alpha value is -1.31. The van der Waals surface area contributed by atoms with Crippen LogP contribution in [-0.4, -0.2) is 4.98 Å². The average Bonchev–Trinajstić information content (AvgIpc) is 2.51. The Morgan fingerprint density at radius 1 is 1.57 bits per heavy atom. The maximum atomic E-state index is 5.31. The third kappa shape index (κ3) is 3.21. The summed E-state index contributed by atoms with van der Waals surface area (Å²) in [6.07, 6.45) is 8.58. The van der Waals surface area contributed by atoms with Crippen LogP contribution in [0.15, 0.2) is 29.3 Å². The number of nitrogens with zero attached hydrogens (tertiary/aromatic N) is 1. The molecule has 0 aliphatic rings. The molecule has 1 heterocycles. The first-order valence-corrected chi connectivity index (χ1v) is 4.76. The highest BCUT2D eigenvalue weighted by Crippen LogP contribution is 2.22. The van der Waals surface area contributed by atoms with E-state index >= 15 is 0 Å². The van der Waals surface area contributed by atoms with E-state index in [1.54, 1.807) is 6.20 Å². The molecule has 14 heavy (non-hydrogen) atoms. The fourth-order valence-corrected chi connectivity index (χ4v) is 0.996. The highest BCUT2D eigenvalue weighted by molar-refractivity contribution is 5.37. The van der Waals surface area contributed by atoms with Crippen molar-refractivity contribution in [1.82, 2.24) is 4.98 Å². The summed E-state index contributed by atoms with van der Waals surface area (Å²) in [5.41, 5.74) is 0.137. The Balaban J connectivity index is 2.53. The number of oxazole rings is 1. The lowest BCUT2D eigenvalue weighted by Crippen LogP contribution is -2.03. The molecule has 0 saturated heterocycles. The SMILES string of the molecule is C=CC(C)(C)C/C=C/c1ncc(C)o1. The van der Waals surface area contributed by atoms with Gasteiger partial charge in [-0.25, -0.2) is 4.98 Å². The summed E-state index contributed by atoms with van der Waals surface area (Å²) in [6, 6.07) is 0. The Morgan fingerprint density at radius 3 is 2.79 bits per heavy atom. The molecule has 0 N–H and O–H groups in total. The van der Waals surface area contributed by atoms with Gasteiger partial charge in [0.25, 0.3) is 0 Å². The van der Waals surface area contributed by atoms with Gasteiger partial charge in [-0.1, -0.05) is 26.0 Å². The topological polar surface area (TPSA) is 26.0 Å². The van der Waals surface area contributed by atoms with E-state index in [-0.39, 0.29) is 5.41 Å². The molecule has 0 aromatic carbocycles. The van der Waals surface area contributed by atoms with Crippen molar-refractivity contribution in [3.05, 3.63) is 36.6 Å². The van der Waals surface area contributed by atoms with Crippen LogP contribution in [0.1, 0.15) is 31.9 Å². The summed E-state index contributed by atoms with van der Waals surface area (Å²) in [6.45, 7) is 9.96. The molecule has 2 nitrogen and oxygen atoms in total. The van der Waals surface area contributed by atoms with Crippen molar-refractivity contribution in [2.24, 2.45) is 5.41 Å². The third-order valence-corrected chi connectivity index (χ3v) is 2.10. The van der Waals surface area contributed by atoms with Crippen molar-refractivity contribution < 1.29 is 4.42 Å². The van der Waals surface area contributed by atoms with Crippen LogP contribution in [-0.2, 0) is 0 Å². The monoisotopic (exact) mass is 191 g/mol. The van der Waals surface area contributed by atoms with Gasteiger partial charge < -0.3 is 4.42 Å². The molecule has 1 rings (SSSR count). The van der Waals surface area contributed by atoms with Gasteiger partial charge in [0, 0.05) is 0 Å². The molecular weight excluding hydrogens is 174 g/mol. The smallest absolute Gasteiger partial charge is 0.218 e. The molecule has 2 heteroatoms. The first-order chi connectivity index (χ1) is 6.53. The zero-order chi connectivity index (χ0) is 10.6. The minimum atomic E-state index is 0.137. The van der Waals surface area contributed by atoms with E-state index < -0.39 is 0 Å². The van der Waals surface area contributed by atoms with E-state index in [1.165, 1.54) is 0 Å². The second-order valence-electron chi connectivity index (χ2n) is 4.11. The quantitative estimate of drug-likeness (QED) is 0.679. The zero-order valence-corrected chi connectivity index (χ0v) is 9.08. The lowest BCUT2D eigenvalue weighted by Gasteiger charge is -2.15. The number of aromatic nitrogens is 1. The summed E-state index contributed by atoms with van der Waals surface area (Å²) < 4.78 is 5.31. The minimum absolute atomic E-state index is 0.137. The molecule has 0 unspecified atom stereocenters. The van der Waals surface area contributed by atoms with Gasteiger partial charge in [-0.15, -0.1) is 6.58 Å². The first kappa shape index (κ1) is 10.8. The molecule has 0 fully saturated rings. The minimum Gasteiger partial charge on any atom is -0.442 e. The lowest BCUT2D eigenvalue weighted by molar-refractivity contribution is 0.489. The Kier molecular flexibility index (Phi) is 3.28. The molecule has 0 bridgehead atoms. The van der Waals surface area contributed by atoms with Crippen molar-refractivity contribution in [2.45, 2.75) is 27.2 Å². The van der Waals surface area contributed by atoms with Gasteiger partial charge in [-0.2, -0.15) is 0 Å². The Bertz CT molecular complexity index is 334. The van der Waals surface area contributed by atoms with Crippen LogP contribution in [0.2, 0.25) is 0 Å². The highest BCUT2D eigenvalue weighted by atomic mass is 16.3. The fraction of sp³-hybridized carbons (Fsp3) is 0.417. The Labute approximate surface area is 85.4 Å². The maximum Gasteiger partial charge on any atom is 0.218 e. The van der Waals surface area contributed by atoms with E-state index in [9.17, 15) is 0 Å². The van der Waals surface area contributed by atoms with Crippen LogP contribution in [0.5, 0.6) is 0 Å². The van der Waals surface area contributed by atoms with Gasteiger partial charge in [0.05, 0.1) is 6.20 Å². The normalized spacial score (nSPS) is 12.2. The number of hydrogen-bond acceptors (Lipinski definition) is 2. The largest absolute Gasteiger partial charge is 0.442 e. The van der Waals surface area contributed by atoms with Gasteiger partial charge >= 0.3 is 0 Å². The van der Waals surface area contributed by atoms with Crippen LogP contribution in [0, 0.1) is 12.3 Å². The van der Waals surface area contributed by atoms with Crippen LogP contribution in [0.25, 0.3) is 6.08 Å². The molecule has 0 aliphatic heterocycles. The van der Waals surface area contributed by atoms with Crippen molar-refractivity contribution in [1.29, 1.82) is 0 Å². The predicted octanol–water partition coefficient (Wildman–Crippen LogP) is 3.60. The molecular formula is C12H17NO.